The fourth-order valence-electron chi connectivity index (χ4n) is 5.24. The number of aliphatic hydroxyl groups excluding tert-OH is 1. The summed E-state index contributed by atoms with van der Waals surface area (Å²) in [5.41, 5.74) is 0.630. The molecule has 2 heterocycles. The number of hydrogen-bond donors (Lipinski definition) is 1. The highest BCUT2D eigenvalue weighted by Gasteiger charge is 2.44. The first kappa shape index (κ1) is 21.4. The van der Waals surface area contributed by atoms with Crippen LogP contribution < -0.4 is 9.47 Å². The maximum atomic E-state index is 13.2. The van der Waals surface area contributed by atoms with E-state index in [1.165, 1.54) is 0 Å². The number of ether oxygens (including phenoxy) is 3. The Morgan fingerprint density at radius 2 is 1.73 bits per heavy atom. The number of nitrogens with zero attached hydrogens (tertiary/aromatic N) is 2. The van der Waals surface area contributed by atoms with Gasteiger partial charge in [0, 0.05) is 37.8 Å². The van der Waals surface area contributed by atoms with Gasteiger partial charge < -0.3 is 24.2 Å². The average molecular weight is 419 g/mol. The quantitative estimate of drug-likeness (QED) is 0.762. The molecule has 1 N–H and O–H groups in total. The number of morpholine rings is 1. The molecule has 1 aromatic carbocycles. The Morgan fingerprint density at radius 1 is 1.07 bits per heavy atom. The predicted octanol–water partition coefficient (Wildman–Crippen LogP) is 2.03. The standard InChI is InChI=1S/C23H34N2O5/c1-3-29-21-6-5-16(13-22(21)30-4-2)23(27)25-14-17-11-19(20(26)12-18(17)15-25)24-7-9-28-10-8-24/h5-6,13,17-20,26H,3-4,7-12,14-15H2,1-2H3/t17-,18+,19-,20-/m1/s1. The molecule has 1 saturated carbocycles. The second kappa shape index (κ2) is 9.54. The minimum Gasteiger partial charge on any atom is -0.490 e. The summed E-state index contributed by atoms with van der Waals surface area (Å²) in [4.78, 5) is 17.5. The highest BCUT2D eigenvalue weighted by Crippen LogP contribution is 2.39. The second-order valence-corrected chi connectivity index (χ2v) is 8.51. The Hall–Kier alpha value is -1.83. The summed E-state index contributed by atoms with van der Waals surface area (Å²) in [5, 5.41) is 10.8. The van der Waals surface area contributed by atoms with Gasteiger partial charge in [-0.15, -0.1) is 0 Å². The van der Waals surface area contributed by atoms with Crippen molar-refractivity contribution in [2.45, 2.75) is 38.8 Å². The highest BCUT2D eigenvalue weighted by atomic mass is 16.5. The van der Waals surface area contributed by atoms with E-state index in [-0.39, 0.29) is 18.1 Å². The lowest BCUT2D eigenvalue weighted by molar-refractivity contribution is -0.0520. The molecule has 1 aromatic rings. The Morgan fingerprint density at radius 3 is 2.43 bits per heavy atom. The minimum atomic E-state index is -0.325. The van der Waals surface area contributed by atoms with Gasteiger partial charge in [0.25, 0.3) is 5.91 Å². The molecular formula is C23H34N2O5. The van der Waals surface area contributed by atoms with Crippen LogP contribution >= 0.6 is 0 Å². The number of rotatable bonds is 6. The van der Waals surface area contributed by atoms with Gasteiger partial charge in [-0.3, -0.25) is 9.69 Å². The van der Waals surface area contributed by atoms with Gasteiger partial charge in [0.15, 0.2) is 11.5 Å². The molecule has 2 aliphatic heterocycles. The van der Waals surface area contributed by atoms with E-state index in [4.69, 9.17) is 14.2 Å². The zero-order valence-electron chi connectivity index (χ0n) is 18.1. The zero-order valence-corrected chi connectivity index (χ0v) is 18.1. The predicted molar refractivity (Wildman–Crippen MR) is 113 cm³/mol. The number of carbonyl (C=O) groups is 1. The first-order valence-electron chi connectivity index (χ1n) is 11.3. The SMILES string of the molecule is CCOc1ccc(C(=O)N2C[C@H]3C[C@@H](N4CCOCC4)[C@H](O)C[C@H]3C2)cc1OCC. The van der Waals surface area contributed by atoms with Gasteiger partial charge in [-0.05, 0) is 56.7 Å². The van der Waals surface area contributed by atoms with Crippen molar-refractivity contribution >= 4 is 5.91 Å². The number of carbonyl (C=O) groups excluding carboxylic acids is 1. The maximum Gasteiger partial charge on any atom is 0.254 e. The van der Waals surface area contributed by atoms with Crippen LogP contribution in [0.3, 0.4) is 0 Å². The van der Waals surface area contributed by atoms with Crippen molar-refractivity contribution in [2.24, 2.45) is 11.8 Å². The number of amides is 1. The smallest absolute Gasteiger partial charge is 0.254 e. The minimum absolute atomic E-state index is 0.0332. The molecule has 0 aromatic heterocycles. The Labute approximate surface area is 178 Å². The number of hydrogen-bond acceptors (Lipinski definition) is 6. The molecule has 0 radical (unpaired) electrons. The summed E-state index contributed by atoms with van der Waals surface area (Å²) in [6, 6.07) is 5.62. The van der Waals surface area contributed by atoms with Crippen LogP contribution in [0.15, 0.2) is 18.2 Å². The monoisotopic (exact) mass is 418 g/mol. The Balaban J connectivity index is 1.43. The third-order valence-corrected chi connectivity index (χ3v) is 6.70. The van der Waals surface area contributed by atoms with Crippen LogP contribution in [0.25, 0.3) is 0 Å². The van der Waals surface area contributed by atoms with Gasteiger partial charge >= 0.3 is 0 Å². The van der Waals surface area contributed by atoms with E-state index >= 15 is 0 Å². The normalized spacial score (nSPS) is 29.5. The topological polar surface area (TPSA) is 71.5 Å². The van der Waals surface area contributed by atoms with Crippen LogP contribution in [-0.2, 0) is 4.74 Å². The van der Waals surface area contributed by atoms with E-state index in [1.54, 1.807) is 6.07 Å². The first-order valence-corrected chi connectivity index (χ1v) is 11.3. The van der Waals surface area contributed by atoms with E-state index in [0.717, 1.165) is 45.7 Å². The van der Waals surface area contributed by atoms with Gasteiger partial charge in [-0.1, -0.05) is 0 Å². The molecule has 0 bridgehead atoms. The molecule has 4 atom stereocenters. The number of likely N-dealkylation sites (tertiary alicyclic amines) is 1. The van der Waals surface area contributed by atoms with Crippen molar-refractivity contribution < 1.29 is 24.1 Å². The van der Waals surface area contributed by atoms with Crippen molar-refractivity contribution in [1.82, 2.24) is 9.80 Å². The Bertz CT molecular complexity index is 736. The van der Waals surface area contributed by atoms with Gasteiger partial charge in [-0.2, -0.15) is 0 Å². The summed E-state index contributed by atoms with van der Waals surface area (Å²) in [5.74, 6) is 2.13. The number of fused-ring (bicyclic) bond motifs is 1. The van der Waals surface area contributed by atoms with E-state index in [0.29, 0.717) is 48.7 Å². The fourth-order valence-corrected chi connectivity index (χ4v) is 5.24. The van der Waals surface area contributed by atoms with Crippen LogP contribution in [0.1, 0.15) is 37.0 Å². The molecule has 3 fully saturated rings. The van der Waals surface area contributed by atoms with E-state index in [2.05, 4.69) is 4.90 Å². The van der Waals surface area contributed by atoms with Gasteiger partial charge in [0.05, 0.1) is 32.5 Å². The van der Waals surface area contributed by atoms with E-state index in [9.17, 15) is 9.90 Å². The largest absolute Gasteiger partial charge is 0.490 e. The summed E-state index contributed by atoms with van der Waals surface area (Å²) in [6.07, 6.45) is 1.39. The number of benzene rings is 1. The molecule has 0 unspecified atom stereocenters. The second-order valence-electron chi connectivity index (χ2n) is 8.51. The Kier molecular flexibility index (Phi) is 6.80. The molecular weight excluding hydrogens is 384 g/mol. The van der Waals surface area contributed by atoms with Crippen LogP contribution in [0, 0.1) is 11.8 Å². The van der Waals surface area contributed by atoms with Crippen molar-refractivity contribution in [3.05, 3.63) is 23.8 Å². The molecule has 7 heteroatoms. The van der Waals surface area contributed by atoms with E-state index in [1.807, 2.05) is 30.9 Å². The summed E-state index contributed by atoms with van der Waals surface area (Å²) in [6.45, 7) is 9.64. The molecule has 166 valence electrons. The summed E-state index contributed by atoms with van der Waals surface area (Å²) < 4.78 is 16.8. The summed E-state index contributed by atoms with van der Waals surface area (Å²) >= 11 is 0. The van der Waals surface area contributed by atoms with Gasteiger partial charge in [0.2, 0.25) is 0 Å². The van der Waals surface area contributed by atoms with Crippen molar-refractivity contribution in [3.63, 3.8) is 0 Å². The molecule has 3 aliphatic rings. The molecule has 4 rings (SSSR count). The fraction of sp³-hybridized carbons (Fsp3) is 0.696. The third kappa shape index (κ3) is 4.43. The molecule has 0 spiro atoms. The van der Waals surface area contributed by atoms with Crippen molar-refractivity contribution in [2.75, 3.05) is 52.6 Å². The van der Waals surface area contributed by atoms with Crippen LogP contribution in [-0.4, -0.2) is 85.6 Å². The van der Waals surface area contributed by atoms with Gasteiger partial charge in [-0.25, -0.2) is 0 Å². The lowest BCUT2D eigenvalue weighted by Gasteiger charge is -2.43. The molecule has 1 amide bonds. The number of aliphatic hydroxyl groups is 1. The molecule has 7 nitrogen and oxygen atoms in total. The lowest BCUT2D eigenvalue weighted by atomic mass is 9.77. The molecule has 1 aliphatic carbocycles. The van der Waals surface area contributed by atoms with Crippen LogP contribution in [0.2, 0.25) is 0 Å². The van der Waals surface area contributed by atoms with Crippen LogP contribution in [0.4, 0.5) is 0 Å². The van der Waals surface area contributed by atoms with E-state index < -0.39 is 0 Å². The zero-order chi connectivity index (χ0) is 21.1. The molecule has 30 heavy (non-hydrogen) atoms. The average Bonchev–Trinajstić information content (AvgIpc) is 3.17. The molecule has 2 saturated heterocycles. The van der Waals surface area contributed by atoms with Gasteiger partial charge in [0.1, 0.15) is 0 Å². The lowest BCUT2D eigenvalue weighted by Crippen LogP contribution is -2.53. The van der Waals surface area contributed by atoms with Crippen molar-refractivity contribution in [1.29, 1.82) is 0 Å². The highest BCUT2D eigenvalue weighted by molar-refractivity contribution is 5.95. The first-order chi connectivity index (χ1) is 14.6. The third-order valence-electron chi connectivity index (χ3n) is 6.70. The summed E-state index contributed by atoms with van der Waals surface area (Å²) in [7, 11) is 0. The van der Waals surface area contributed by atoms with Crippen LogP contribution in [0.5, 0.6) is 11.5 Å². The van der Waals surface area contributed by atoms with Crippen molar-refractivity contribution in [3.8, 4) is 11.5 Å². The maximum absolute atomic E-state index is 13.2.